The van der Waals surface area contributed by atoms with E-state index in [2.05, 4.69) is 32.1 Å². The summed E-state index contributed by atoms with van der Waals surface area (Å²) in [7, 11) is 0. The Labute approximate surface area is 178 Å². The fraction of sp³-hybridized carbons (Fsp3) is 0.760. The van der Waals surface area contributed by atoms with Crippen LogP contribution in [0.4, 0.5) is 0 Å². The molecule has 4 heteroatoms. The molecule has 0 amide bonds. The van der Waals surface area contributed by atoms with Gasteiger partial charge in [-0.3, -0.25) is 9.59 Å². The van der Waals surface area contributed by atoms with Gasteiger partial charge in [0.2, 0.25) is 0 Å². The number of aliphatic carboxylic acids is 1. The van der Waals surface area contributed by atoms with Crippen molar-refractivity contribution < 1.29 is 19.4 Å². The van der Waals surface area contributed by atoms with Crippen LogP contribution in [0.15, 0.2) is 24.3 Å². The van der Waals surface area contributed by atoms with Crippen molar-refractivity contribution in [2.75, 3.05) is 0 Å². The zero-order valence-corrected chi connectivity index (χ0v) is 18.9. The first-order valence-electron chi connectivity index (χ1n) is 11.8. The predicted octanol–water partition coefficient (Wildman–Crippen LogP) is 7.38. The summed E-state index contributed by atoms with van der Waals surface area (Å²) < 4.78 is 5.69. The summed E-state index contributed by atoms with van der Waals surface area (Å²) in [5, 5.41) is 8.69. The number of rotatable bonds is 20. The first-order chi connectivity index (χ1) is 14.1. The van der Waals surface area contributed by atoms with Crippen LogP contribution in [0.2, 0.25) is 0 Å². The van der Waals surface area contributed by atoms with Gasteiger partial charge < -0.3 is 9.84 Å². The molecule has 0 aliphatic rings. The van der Waals surface area contributed by atoms with Crippen LogP contribution in [0.25, 0.3) is 0 Å². The minimum Gasteiger partial charge on any atom is -0.481 e. The molecule has 0 fully saturated rings. The Morgan fingerprint density at radius 3 is 2.17 bits per heavy atom. The number of ether oxygens (including phenoxy) is 1. The standard InChI is InChI=1S/C25H44O4/c1-3-5-7-9-10-11-12-15-19-23(20-16-13-14-17-21-24(26)27)29-25(28)22-18-8-6-4-2/h10-11,15,19,23H,3-9,12-14,16-18,20-22H2,1-2H3,(H,26,27)/b11-10-,19-15-. The molecular weight excluding hydrogens is 364 g/mol. The first kappa shape index (κ1) is 27.4. The lowest BCUT2D eigenvalue weighted by molar-refractivity contribution is -0.147. The van der Waals surface area contributed by atoms with E-state index in [1.807, 2.05) is 6.08 Å². The third-order valence-electron chi connectivity index (χ3n) is 4.91. The summed E-state index contributed by atoms with van der Waals surface area (Å²) in [5.41, 5.74) is 0. The van der Waals surface area contributed by atoms with Crippen molar-refractivity contribution in [1.29, 1.82) is 0 Å². The second kappa shape index (κ2) is 21.1. The largest absolute Gasteiger partial charge is 0.481 e. The lowest BCUT2D eigenvalue weighted by Gasteiger charge is -2.14. The second-order valence-electron chi connectivity index (χ2n) is 7.82. The molecular formula is C25H44O4. The molecule has 0 rings (SSSR count). The molecule has 0 aromatic rings. The maximum absolute atomic E-state index is 12.1. The Morgan fingerprint density at radius 1 is 0.793 bits per heavy atom. The van der Waals surface area contributed by atoms with Crippen LogP contribution < -0.4 is 0 Å². The zero-order chi connectivity index (χ0) is 21.6. The van der Waals surface area contributed by atoms with E-state index in [0.717, 1.165) is 70.6 Å². The molecule has 0 spiro atoms. The van der Waals surface area contributed by atoms with Crippen LogP contribution in [0, 0.1) is 0 Å². The van der Waals surface area contributed by atoms with Crippen LogP contribution in [0.1, 0.15) is 117 Å². The highest BCUT2D eigenvalue weighted by Crippen LogP contribution is 2.13. The molecule has 29 heavy (non-hydrogen) atoms. The molecule has 0 radical (unpaired) electrons. The molecule has 0 saturated carbocycles. The number of carboxylic acids is 1. The van der Waals surface area contributed by atoms with Gasteiger partial charge in [0.25, 0.3) is 0 Å². The van der Waals surface area contributed by atoms with Gasteiger partial charge in [-0.15, -0.1) is 0 Å². The fourth-order valence-electron chi connectivity index (χ4n) is 3.13. The Bertz CT molecular complexity index is 454. The van der Waals surface area contributed by atoms with E-state index >= 15 is 0 Å². The van der Waals surface area contributed by atoms with E-state index in [1.165, 1.54) is 19.3 Å². The predicted molar refractivity (Wildman–Crippen MR) is 121 cm³/mol. The molecule has 0 aliphatic heterocycles. The van der Waals surface area contributed by atoms with Gasteiger partial charge in [0.1, 0.15) is 6.10 Å². The van der Waals surface area contributed by atoms with Crippen molar-refractivity contribution in [3.63, 3.8) is 0 Å². The van der Waals surface area contributed by atoms with Crippen molar-refractivity contribution in [2.24, 2.45) is 0 Å². The van der Waals surface area contributed by atoms with Crippen molar-refractivity contribution in [1.82, 2.24) is 0 Å². The number of esters is 1. The minimum absolute atomic E-state index is 0.100. The number of carbonyl (C=O) groups excluding carboxylic acids is 1. The van der Waals surface area contributed by atoms with Gasteiger partial charge in [0, 0.05) is 12.8 Å². The Kier molecular flexibility index (Phi) is 20.0. The summed E-state index contributed by atoms with van der Waals surface area (Å²) in [6.07, 6.45) is 23.6. The smallest absolute Gasteiger partial charge is 0.306 e. The normalized spacial score (nSPS) is 12.6. The highest BCUT2D eigenvalue weighted by Gasteiger charge is 2.11. The number of carbonyl (C=O) groups is 2. The van der Waals surface area contributed by atoms with Gasteiger partial charge in [-0.25, -0.2) is 0 Å². The molecule has 0 aromatic carbocycles. The van der Waals surface area contributed by atoms with Gasteiger partial charge in [-0.1, -0.05) is 77.0 Å². The topological polar surface area (TPSA) is 63.6 Å². The molecule has 0 heterocycles. The van der Waals surface area contributed by atoms with Crippen molar-refractivity contribution in [3.05, 3.63) is 24.3 Å². The molecule has 0 aliphatic carbocycles. The number of carboxylic acid groups (broad SMARTS) is 1. The van der Waals surface area contributed by atoms with Crippen LogP contribution >= 0.6 is 0 Å². The molecule has 1 atom stereocenters. The van der Waals surface area contributed by atoms with Gasteiger partial charge in [-0.05, 0) is 51.0 Å². The average molecular weight is 409 g/mol. The third-order valence-corrected chi connectivity index (χ3v) is 4.91. The summed E-state index contributed by atoms with van der Waals surface area (Å²) in [6, 6.07) is 0. The highest BCUT2D eigenvalue weighted by atomic mass is 16.5. The van der Waals surface area contributed by atoms with Crippen LogP contribution in [-0.4, -0.2) is 23.1 Å². The molecule has 1 N–H and O–H groups in total. The van der Waals surface area contributed by atoms with E-state index in [4.69, 9.17) is 9.84 Å². The van der Waals surface area contributed by atoms with E-state index in [1.54, 1.807) is 0 Å². The second-order valence-corrected chi connectivity index (χ2v) is 7.82. The van der Waals surface area contributed by atoms with Crippen LogP contribution in [0.5, 0.6) is 0 Å². The number of allylic oxidation sites excluding steroid dienone is 3. The minimum atomic E-state index is -0.731. The molecule has 168 valence electrons. The van der Waals surface area contributed by atoms with Crippen LogP contribution in [0.3, 0.4) is 0 Å². The summed E-state index contributed by atoms with van der Waals surface area (Å²) >= 11 is 0. The maximum Gasteiger partial charge on any atom is 0.306 e. The number of unbranched alkanes of at least 4 members (excludes halogenated alkanes) is 9. The zero-order valence-electron chi connectivity index (χ0n) is 18.9. The summed E-state index contributed by atoms with van der Waals surface area (Å²) in [6.45, 7) is 4.37. The lowest BCUT2D eigenvalue weighted by atomic mass is 10.1. The quantitative estimate of drug-likeness (QED) is 0.130. The van der Waals surface area contributed by atoms with Crippen LogP contribution in [-0.2, 0) is 14.3 Å². The summed E-state index contributed by atoms with van der Waals surface area (Å²) in [4.78, 5) is 22.7. The molecule has 1 unspecified atom stereocenters. The SMILES string of the molecule is CCCCC/C=C\C/C=C\C(CCCCCCC(=O)O)OC(=O)CCCCCC. The fourth-order valence-corrected chi connectivity index (χ4v) is 3.13. The first-order valence-corrected chi connectivity index (χ1v) is 11.8. The van der Waals surface area contributed by atoms with Gasteiger partial charge in [0.05, 0.1) is 0 Å². The average Bonchev–Trinajstić information content (AvgIpc) is 2.69. The number of hydrogen-bond acceptors (Lipinski definition) is 3. The number of hydrogen-bond donors (Lipinski definition) is 1. The van der Waals surface area contributed by atoms with Gasteiger partial charge in [-0.2, -0.15) is 0 Å². The molecule has 4 nitrogen and oxygen atoms in total. The van der Waals surface area contributed by atoms with E-state index in [9.17, 15) is 9.59 Å². The van der Waals surface area contributed by atoms with Gasteiger partial charge in [0.15, 0.2) is 0 Å². The maximum atomic E-state index is 12.1. The third kappa shape index (κ3) is 21.0. The van der Waals surface area contributed by atoms with E-state index < -0.39 is 5.97 Å². The monoisotopic (exact) mass is 408 g/mol. The summed E-state index contributed by atoms with van der Waals surface area (Å²) in [5.74, 6) is -0.831. The van der Waals surface area contributed by atoms with Crippen molar-refractivity contribution >= 4 is 11.9 Å². The van der Waals surface area contributed by atoms with E-state index in [-0.39, 0.29) is 18.5 Å². The Morgan fingerprint density at radius 2 is 1.45 bits per heavy atom. The molecule has 0 saturated heterocycles. The molecule has 0 bridgehead atoms. The van der Waals surface area contributed by atoms with Gasteiger partial charge >= 0.3 is 11.9 Å². The Balaban J connectivity index is 4.26. The molecule has 0 aromatic heterocycles. The Hall–Kier alpha value is -1.58. The lowest BCUT2D eigenvalue weighted by Crippen LogP contribution is -2.16. The van der Waals surface area contributed by atoms with Crippen molar-refractivity contribution in [2.45, 2.75) is 123 Å². The van der Waals surface area contributed by atoms with E-state index in [0.29, 0.717) is 6.42 Å². The highest BCUT2D eigenvalue weighted by molar-refractivity contribution is 5.69. The van der Waals surface area contributed by atoms with Crippen molar-refractivity contribution in [3.8, 4) is 0 Å².